The highest BCUT2D eigenvalue weighted by Gasteiger charge is 2.20. The van der Waals surface area contributed by atoms with Gasteiger partial charge in [-0.05, 0) is 43.7 Å². The highest BCUT2D eigenvalue weighted by Crippen LogP contribution is 2.27. The van der Waals surface area contributed by atoms with Gasteiger partial charge in [-0.1, -0.05) is 6.07 Å². The van der Waals surface area contributed by atoms with E-state index in [4.69, 9.17) is 9.25 Å². The lowest BCUT2D eigenvalue weighted by molar-refractivity contribution is -0.117. The molecule has 0 bridgehead atoms. The van der Waals surface area contributed by atoms with Crippen molar-refractivity contribution in [2.45, 2.75) is 19.9 Å². The highest BCUT2D eigenvalue weighted by atomic mass is 19.1. The monoisotopic (exact) mass is 327 g/mol. The van der Waals surface area contributed by atoms with E-state index in [9.17, 15) is 4.39 Å². The number of hydroxylamine groups is 2. The SMILES string of the molecule is Cc1ccc(-c2nn(-c3cccc(F)c3)cc2CN2CCCO2)o1. The highest BCUT2D eigenvalue weighted by molar-refractivity contribution is 5.57. The number of aromatic nitrogens is 2. The second-order valence-electron chi connectivity index (χ2n) is 5.89. The summed E-state index contributed by atoms with van der Waals surface area (Å²) in [4.78, 5) is 5.59. The van der Waals surface area contributed by atoms with Gasteiger partial charge in [-0.15, -0.1) is 0 Å². The first kappa shape index (κ1) is 15.1. The van der Waals surface area contributed by atoms with Crippen LogP contribution < -0.4 is 0 Å². The fourth-order valence-corrected chi connectivity index (χ4v) is 2.86. The molecule has 0 unspecified atom stereocenters. The Morgan fingerprint density at radius 3 is 2.88 bits per heavy atom. The van der Waals surface area contributed by atoms with Crippen molar-refractivity contribution in [2.24, 2.45) is 0 Å². The summed E-state index contributed by atoms with van der Waals surface area (Å²) in [7, 11) is 0. The van der Waals surface area contributed by atoms with Gasteiger partial charge in [0.25, 0.3) is 0 Å². The summed E-state index contributed by atoms with van der Waals surface area (Å²) < 4.78 is 20.9. The first-order chi connectivity index (χ1) is 11.7. The van der Waals surface area contributed by atoms with Crippen molar-refractivity contribution in [1.82, 2.24) is 14.8 Å². The zero-order valence-electron chi connectivity index (χ0n) is 13.4. The summed E-state index contributed by atoms with van der Waals surface area (Å²) in [6.07, 6.45) is 2.93. The minimum absolute atomic E-state index is 0.289. The first-order valence-corrected chi connectivity index (χ1v) is 7.98. The summed E-state index contributed by atoms with van der Waals surface area (Å²) in [5.74, 6) is 1.24. The van der Waals surface area contributed by atoms with Crippen molar-refractivity contribution >= 4 is 0 Å². The van der Waals surface area contributed by atoms with Crippen LogP contribution in [-0.4, -0.2) is 28.0 Å². The molecule has 0 N–H and O–H groups in total. The van der Waals surface area contributed by atoms with E-state index < -0.39 is 0 Å². The standard InChI is InChI=1S/C18H18FN3O2/c1-13-6-7-17(24-13)18-14(11-21-8-3-9-23-21)12-22(20-18)16-5-2-4-15(19)10-16/h2,4-7,10,12H,3,8-9,11H2,1H3. The molecule has 1 aliphatic heterocycles. The van der Waals surface area contributed by atoms with Crippen molar-refractivity contribution in [3.63, 3.8) is 0 Å². The molecule has 0 amide bonds. The van der Waals surface area contributed by atoms with Gasteiger partial charge in [0.2, 0.25) is 0 Å². The summed E-state index contributed by atoms with van der Waals surface area (Å²) in [5, 5.41) is 6.54. The van der Waals surface area contributed by atoms with Crippen LogP contribution in [0, 0.1) is 12.7 Å². The van der Waals surface area contributed by atoms with Gasteiger partial charge < -0.3 is 4.42 Å². The number of benzene rings is 1. The minimum Gasteiger partial charge on any atom is -0.460 e. The maximum atomic E-state index is 13.5. The molecule has 3 aromatic rings. The van der Waals surface area contributed by atoms with E-state index in [1.807, 2.05) is 36.4 Å². The average Bonchev–Trinajstić information content (AvgIpc) is 3.29. The van der Waals surface area contributed by atoms with E-state index in [0.29, 0.717) is 18.0 Å². The largest absolute Gasteiger partial charge is 0.460 e. The predicted molar refractivity (Wildman–Crippen MR) is 86.9 cm³/mol. The average molecular weight is 327 g/mol. The lowest BCUT2D eigenvalue weighted by Crippen LogP contribution is -2.17. The molecule has 4 rings (SSSR count). The zero-order valence-corrected chi connectivity index (χ0v) is 13.4. The van der Waals surface area contributed by atoms with Crippen LogP contribution in [0.15, 0.2) is 47.0 Å². The fourth-order valence-electron chi connectivity index (χ4n) is 2.86. The van der Waals surface area contributed by atoms with Gasteiger partial charge in [-0.25, -0.2) is 9.07 Å². The van der Waals surface area contributed by atoms with Gasteiger partial charge in [-0.3, -0.25) is 4.84 Å². The van der Waals surface area contributed by atoms with Gasteiger partial charge in [0.05, 0.1) is 18.8 Å². The topological polar surface area (TPSA) is 43.4 Å². The van der Waals surface area contributed by atoms with E-state index in [1.54, 1.807) is 10.7 Å². The van der Waals surface area contributed by atoms with Crippen LogP contribution in [0.5, 0.6) is 0 Å². The Hall–Kier alpha value is -2.44. The molecule has 0 aliphatic carbocycles. The molecule has 1 fully saturated rings. The summed E-state index contributed by atoms with van der Waals surface area (Å²) >= 11 is 0. The molecule has 1 aliphatic rings. The van der Waals surface area contributed by atoms with Crippen LogP contribution in [0.2, 0.25) is 0 Å². The van der Waals surface area contributed by atoms with Gasteiger partial charge in [0, 0.05) is 18.3 Å². The van der Waals surface area contributed by atoms with Crippen molar-refractivity contribution < 1.29 is 13.6 Å². The molecule has 0 radical (unpaired) electrons. The number of rotatable bonds is 4. The number of hydrogen-bond acceptors (Lipinski definition) is 4. The maximum Gasteiger partial charge on any atom is 0.154 e. The predicted octanol–water partition coefficient (Wildman–Crippen LogP) is 3.72. The maximum absolute atomic E-state index is 13.5. The lowest BCUT2D eigenvalue weighted by Gasteiger charge is -2.12. The second kappa shape index (κ2) is 6.22. The molecule has 0 atom stereocenters. The van der Waals surface area contributed by atoms with Crippen molar-refractivity contribution in [3.05, 3.63) is 59.7 Å². The van der Waals surface area contributed by atoms with Gasteiger partial charge in [0.15, 0.2) is 5.76 Å². The molecular weight excluding hydrogens is 309 g/mol. The Morgan fingerprint density at radius 1 is 1.25 bits per heavy atom. The van der Waals surface area contributed by atoms with E-state index >= 15 is 0 Å². The molecule has 124 valence electrons. The molecule has 3 heterocycles. The van der Waals surface area contributed by atoms with E-state index in [0.717, 1.165) is 36.6 Å². The molecule has 2 aromatic heterocycles. The third kappa shape index (κ3) is 2.98. The van der Waals surface area contributed by atoms with Gasteiger partial charge in [-0.2, -0.15) is 10.2 Å². The third-order valence-corrected chi connectivity index (χ3v) is 4.01. The quantitative estimate of drug-likeness (QED) is 0.732. The molecule has 1 saturated heterocycles. The Labute approximate surface area is 139 Å². The van der Waals surface area contributed by atoms with Crippen molar-refractivity contribution in [2.75, 3.05) is 13.2 Å². The summed E-state index contributed by atoms with van der Waals surface area (Å²) in [5.41, 5.74) is 2.41. The second-order valence-corrected chi connectivity index (χ2v) is 5.89. The number of halogens is 1. The minimum atomic E-state index is -0.289. The summed E-state index contributed by atoms with van der Waals surface area (Å²) in [6, 6.07) is 10.2. The molecule has 6 heteroatoms. The molecule has 0 saturated carbocycles. The molecule has 5 nitrogen and oxygen atoms in total. The Balaban J connectivity index is 1.74. The molecule has 24 heavy (non-hydrogen) atoms. The fraction of sp³-hybridized carbons (Fsp3) is 0.278. The van der Waals surface area contributed by atoms with Crippen LogP contribution in [0.4, 0.5) is 4.39 Å². The number of nitrogens with zero attached hydrogens (tertiary/aromatic N) is 3. The van der Waals surface area contributed by atoms with Gasteiger partial charge >= 0.3 is 0 Å². The lowest BCUT2D eigenvalue weighted by atomic mass is 10.2. The Bertz CT molecular complexity index is 850. The Morgan fingerprint density at radius 2 is 2.17 bits per heavy atom. The van der Waals surface area contributed by atoms with Crippen LogP contribution >= 0.6 is 0 Å². The zero-order chi connectivity index (χ0) is 16.5. The van der Waals surface area contributed by atoms with E-state index in [-0.39, 0.29) is 5.82 Å². The smallest absolute Gasteiger partial charge is 0.154 e. The molecule has 1 aromatic carbocycles. The van der Waals surface area contributed by atoms with Gasteiger partial charge in [0.1, 0.15) is 17.3 Å². The summed E-state index contributed by atoms with van der Waals surface area (Å²) in [6.45, 7) is 4.15. The van der Waals surface area contributed by atoms with E-state index in [1.165, 1.54) is 12.1 Å². The molecule has 0 spiro atoms. The van der Waals surface area contributed by atoms with E-state index in [2.05, 4.69) is 5.10 Å². The Kier molecular flexibility index (Phi) is 3.92. The van der Waals surface area contributed by atoms with Crippen LogP contribution in [0.3, 0.4) is 0 Å². The van der Waals surface area contributed by atoms with Crippen molar-refractivity contribution in [1.29, 1.82) is 0 Å². The number of aryl methyl sites for hydroxylation is 1. The number of hydrogen-bond donors (Lipinski definition) is 0. The molecular formula is C18H18FN3O2. The normalized spacial score (nSPS) is 15.2. The third-order valence-electron chi connectivity index (χ3n) is 4.01. The van der Waals surface area contributed by atoms with Crippen LogP contribution in [0.1, 0.15) is 17.7 Å². The first-order valence-electron chi connectivity index (χ1n) is 7.98. The van der Waals surface area contributed by atoms with Crippen LogP contribution in [0.25, 0.3) is 17.1 Å². The number of furan rings is 1. The van der Waals surface area contributed by atoms with Crippen LogP contribution in [-0.2, 0) is 11.4 Å². The van der Waals surface area contributed by atoms with Crippen molar-refractivity contribution in [3.8, 4) is 17.1 Å².